The van der Waals surface area contributed by atoms with E-state index in [1.165, 1.54) is 19.3 Å². The average Bonchev–Trinajstić information content (AvgIpc) is 1.97. The summed E-state index contributed by atoms with van der Waals surface area (Å²) in [5, 5.41) is 0. The van der Waals surface area contributed by atoms with E-state index < -0.39 is 0 Å². The van der Waals surface area contributed by atoms with Crippen molar-refractivity contribution in [1.29, 1.82) is 0 Å². The van der Waals surface area contributed by atoms with Crippen LogP contribution in [0, 0.1) is 11.8 Å². The van der Waals surface area contributed by atoms with E-state index in [1.807, 2.05) is 0 Å². The molecule has 0 radical (unpaired) electrons. The van der Waals surface area contributed by atoms with E-state index in [-0.39, 0.29) is 0 Å². The molecule has 1 unspecified atom stereocenters. The standard InChI is InChI=1S/C10H24OSi/c1-8(2)5-6-10(11-12)7-9(3)4/h8-10H,5-7H2,1-4,12H3. The van der Waals surface area contributed by atoms with Gasteiger partial charge in [0, 0.05) is 6.10 Å². The fourth-order valence-electron chi connectivity index (χ4n) is 1.38. The smallest absolute Gasteiger partial charge is 0.146 e. The lowest BCUT2D eigenvalue weighted by molar-refractivity contribution is 0.172. The number of hydrogen-bond acceptors (Lipinski definition) is 1. The maximum Gasteiger partial charge on any atom is 0.146 e. The van der Waals surface area contributed by atoms with Crippen LogP contribution in [0.4, 0.5) is 0 Å². The number of hydrogen-bond donors (Lipinski definition) is 0. The quantitative estimate of drug-likeness (QED) is 0.580. The van der Waals surface area contributed by atoms with Gasteiger partial charge in [0.25, 0.3) is 0 Å². The van der Waals surface area contributed by atoms with Crippen LogP contribution in [0.1, 0.15) is 47.0 Å². The molecule has 0 fully saturated rings. The minimum absolute atomic E-state index is 0.541. The normalized spacial score (nSPS) is 14.5. The molecule has 2 heteroatoms. The summed E-state index contributed by atoms with van der Waals surface area (Å²) < 4.78 is 5.55. The van der Waals surface area contributed by atoms with Crippen molar-refractivity contribution in [3.8, 4) is 0 Å². The van der Waals surface area contributed by atoms with Crippen molar-refractivity contribution in [2.24, 2.45) is 11.8 Å². The van der Waals surface area contributed by atoms with Gasteiger partial charge in [-0.05, 0) is 31.1 Å². The van der Waals surface area contributed by atoms with Gasteiger partial charge >= 0.3 is 0 Å². The SMILES string of the molecule is CC(C)CCC(CC(C)C)O[SiH3]. The lowest BCUT2D eigenvalue weighted by Gasteiger charge is -2.18. The summed E-state index contributed by atoms with van der Waals surface area (Å²) in [5.41, 5.74) is 0. The highest BCUT2D eigenvalue weighted by Crippen LogP contribution is 2.15. The topological polar surface area (TPSA) is 9.23 Å². The van der Waals surface area contributed by atoms with Crippen molar-refractivity contribution in [3.05, 3.63) is 0 Å². The molecule has 1 atom stereocenters. The van der Waals surface area contributed by atoms with Crippen LogP contribution in [0.2, 0.25) is 0 Å². The van der Waals surface area contributed by atoms with E-state index in [0.717, 1.165) is 22.3 Å². The average molecular weight is 188 g/mol. The minimum atomic E-state index is 0.541. The summed E-state index contributed by atoms with van der Waals surface area (Å²) in [7, 11) is 0.888. The molecule has 0 aliphatic heterocycles. The van der Waals surface area contributed by atoms with Crippen LogP contribution in [-0.4, -0.2) is 16.6 Å². The largest absolute Gasteiger partial charge is 0.425 e. The fourth-order valence-corrected chi connectivity index (χ4v) is 1.81. The maximum atomic E-state index is 5.55. The first-order valence-electron chi connectivity index (χ1n) is 5.09. The second kappa shape index (κ2) is 6.67. The molecule has 0 aliphatic rings. The maximum absolute atomic E-state index is 5.55. The van der Waals surface area contributed by atoms with Crippen LogP contribution < -0.4 is 0 Å². The van der Waals surface area contributed by atoms with Crippen molar-refractivity contribution >= 4 is 10.5 Å². The molecule has 0 aliphatic carbocycles. The van der Waals surface area contributed by atoms with Gasteiger partial charge in [0.15, 0.2) is 0 Å². The van der Waals surface area contributed by atoms with Crippen LogP contribution in [0.3, 0.4) is 0 Å². The summed E-state index contributed by atoms with van der Waals surface area (Å²) in [5.74, 6) is 1.59. The van der Waals surface area contributed by atoms with Gasteiger partial charge in [-0.3, -0.25) is 0 Å². The fraction of sp³-hybridized carbons (Fsp3) is 1.00. The highest BCUT2D eigenvalue weighted by Gasteiger charge is 2.09. The highest BCUT2D eigenvalue weighted by molar-refractivity contribution is 5.98. The van der Waals surface area contributed by atoms with E-state index >= 15 is 0 Å². The van der Waals surface area contributed by atoms with Crippen LogP contribution in [0.15, 0.2) is 0 Å². The van der Waals surface area contributed by atoms with Crippen molar-refractivity contribution in [3.63, 3.8) is 0 Å². The molecule has 12 heavy (non-hydrogen) atoms. The Morgan fingerprint density at radius 1 is 1.00 bits per heavy atom. The Balaban J connectivity index is 3.53. The van der Waals surface area contributed by atoms with Gasteiger partial charge < -0.3 is 4.43 Å². The third-order valence-electron chi connectivity index (χ3n) is 2.13. The zero-order valence-electron chi connectivity index (χ0n) is 9.26. The molecule has 0 rings (SSSR count). The molecular weight excluding hydrogens is 164 g/mol. The molecule has 0 aromatic heterocycles. The first kappa shape index (κ1) is 12.2. The zero-order valence-corrected chi connectivity index (χ0v) is 11.3. The monoisotopic (exact) mass is 188 g/mol. The molecule has 74 valence electrons. The third-order valence-corrected chi connectivity index (χ3v) is 2.80. The van der Waals surface area contributed by atoms with Gasteiger partial charge in [-0.25, -0.2) is 0 Å². The first-order valence-corrected chi connectivity index (χ1v) is 5.90. The second-order valence-corrected chi connectivity index (χ2v) is 4.93. The van der Waals surface area contributed by atoms with Gasteiger partial charge in [-0.2, -0.15) is 0 Å². The van der Waals surface area contributed by atoms with Gasteiger partial charge in [0.05, 0.1) is 0 Å². The predicted octanol–water partition coefficient (Wildman–Crippen LogP) is 2.13. The molecule has 0 aromatic carbocycles. The van der Waals surface area contributed by atoms with E-state index in [4.69, 9.17) is 4.43 Å². The summed E-state index contributed by atoms with van der Waals surface area (Å²) in [6.07, 6.45) is 4.33. The molecule has 0 saturated heterocycles. The number of rotatable bonds is 6. The Kier molecular flexibility index (Phi) is 6.77. The Hall–Kier alpha value is 0.177. The lowest BCUT2D eigenvalue weighted by atomic mass is 9.99. The van der Waals surface area contributed by atoms with Gasteiger partial charge in [0.2, 0.25) is 0 Å². The second-order valence-electron chi connectivity index (χ2n) is 4.46. The summed E-state index contributed by atoms with van der Waals surface area (Å²) in [4.78, 5) is 0. The van der Waals surface area contributed by atoms with E-state index in [2.05, 4.69) is 27.7 Å². The third kappa shape index (κ3) is 6.86. The van der Waals surface area contributed by atoms with Crippen LogP contribution in [0.5, 0.6) is 0 Å². The Morgan fingerprint density at radius 3 is 1.92 bits per heavy atom. The molecule has 0 aromatic rings. The van der Waals surface area contributed by atoms with Crippen LogP contribution in [-0.2, 0) is 4.43 Å². The van der Waals surface area contributed by atoms with E-state index in [0.29, 0.717) is 6.10 Å². The summed E-state index contributed by atoms with van der Waals surface area (Å²) >= 11 is 0. The summed E-state index contributed by atoms with van der Waals surface area (Å²) in [6.45, 7) is 9.09. The van der Waals surface area contributed by atoms with Gasteiger partial charge in [-0.1, -0.05) is 27.7 Å². The van der Waals surface area contributed by atoms with Crippen LogP contribution in [0.25, 0.3) is 0 Å². The van der Waals surface area contributed by atoms with Crippen molar-refractivity contribution in [2.75, 3.05) is 0 Å². The van der Waals surface area contributed by atoms with E-state index in [9.17, 15) is 0 Å². The van der Waals surface area contributed by atoms with Crippen LogP contribution >= 0.6 is 0 Å². The Morgan fingerprint density at radius 2 is 1.58 bits per heavy atom. The molecule has 0 amide bonds. The zero-order chi connectivity index (χ0) is 9.56. The molecule has 0 spiro atoms. The molecular formula is C10H24OSi. The lowest BCUT2D eigenvalue weighted by Crippen LogP contribution is -2.15. The van der Waals surface area contributed by atoms with Gasteiger partial charge in [-0.15, -0.1) is 0 Å². The van der Waals surface area contributed by atoms with Crippen molar-refractivity contribution < 1.29 is 4.43 Å². The minimum Gasteiger partial charge on any atom is -0.425 e. The first-order chi connectivity index (χ1) is 5.56. The Labute approximate surface area is 80.4 Å². The van der Waals surface area contributed by atoms with Gasteiger partial charge in [0.1, 0.15) is 10.5 Å². The Bertz CT molecular complexity index is 102. The summed E-state index contributed by atoms with van der Waals surface area (Å²) in [6, 6.07) is 0. The van der Waals surface area contributed by atoms with E-state index in [1.54, 1.807) is 0 Å². The molecule has 1 nitrogen and oxygen atoms in total. The van der Waals surface area contributed by atoms with Crippen molar-refractivity contribution in [1.82, 2.24) is 0 Å². The molecule has 0 saturated carbocycles. The highest BCUT2D eigenvalue weighted by atomic mass is 28.2. The molecule has 0 heterocycles. The molecule has 0 N–H and O–H groups in total. The van der Waals surface area contributed by atoms with Crippen molar-refractivity contribution in [2.45, 2.75) is 53.1 Å². The molecule has 0 bridgehead atoms. The predicted molar refractivity (Wildman–Crippen MR) is 58.3 cm³/mol.